The topological polar surface area (TPSA) is 73.6 Å². The molecule has 0 atom stereocenters. The highest BCUT2D eigenvalue weighted by atomic mass is 19.1. The number of hydrogen-bond acceptors (Lipinski definition) is 5. The number of rotatable bonds is 5. The molecule has 0 aliphatic heterocycles. The lowest BCUT2D eigenvalue weighted by Crippen LogP contribution is -2.06. The monoisotopic (exact) mass is 285 g/mol. The summed E-state index contributed by atoms with van der Waals surface area (Å²) in [5, 5.41) is 15.2. The molecule has 0 aliphatic rings. The van der Waals surface area contributed by atoms with Crippen molar-refractivity contribution in [2.24, 2.45) is 0 Å². The third-order valence-corrected chi connectivity index (χ3v) is 2.78. The maximum Gasteiger partial charge on any atom is 0.143 e. The molecule has 2 N–H and O–H groups in total. The van der Waals surface area contributed by atoms with E-state index < -0.39 is 5.82 Å². The minimum absolute atomic E-state index is 0.0307. The zero-order valence-corrected chi connectivity index (χ0v) is 11.9. The van der Waals surface area contributed by atoms with Crippen molar-refractivity contribution in [2.45, 2.75) is 20.3 Å². The second-order valence-electron chi connectivity index (χ2n) is 4.51. The first-order chi connectivity index (χ1) is 10.1. The van der Waals surface area contributed by atoms with Gasteiger partial charge < -0.3 is 10.6 Å². The van der Waals surface area contributed by atoms with Gasteiger partial charge in [-0.3, -0.25) is 0 Å². The Morgan fingerprint density at radius 3 is 2.76 bits per heavy atom. The summed E-state index contributed by atoms with van der Waals surface area (Å²) in [6.07, 6.45) is 0.980. The van der Waals surface area contributed by atoms with Gasteiger partial charge in [0.2, 0.25) is 0 Å². The molecular formula is C15H16FN5. The zero-order chi connectivity index (χ0) is 15.2. The maximum atomic E-state index is 13.6. The van der Waals surface area contributed by atoms with Gasteiger partial charge in [0.15, 0.2) is 0 Å². The quantitative estimate of drug-likeness (QED) is 0.881. The van der Waals surface area contributed by atoms with Crippen molar-refractivity contribution in [1.82, 2.24) is 9.97 Å². The minimum atomic E-state index is -0.558. The van der Waals surface area contributed by atoms with Crippen LogP contribution in [0.2, 0.25) is 0 Å². The summed E-state index contributed by atoms with van der Waals surface area (Å²) in [5.74, 6) is 1.25. The lowest BCUT2D eigenvalue weighted by atomic mass is 10.2. The normalized spacial score (nSPS) is 10.0. The van der Waals surface area contributed by atoms with Crippen LogP contribution in [0.1, 0.15) is 24.7 Å². The molecule has 0 fully saturated rings. The Balaban J connectivity index is 2.30. The number of nitriles is 1. The van der Waals surface area contributed by atoms with Gasteiger partial charge in [-0.25, -0.2) is 14.4 Å². The first-order valence-corrected chi connectivity index (χ1v) is 6.69. The Kier molecular flexibility index (Phi) is 4.67. The van der Waals surface area contributed by atoms with Gasteiger partial charge in [-0.05, 0) is 25.5 Å². The Labute approximate surface area is 122 Å². The molecule has 21 heavy (non-hydrogen) atoms. The largest absolute Gasteiger partial charge is 0.370 e. The fourth-order valence-corrected chi connectivity index (χ4v) is 1.86. The second-order valence-corrected chi connectivity index (χ2v) is 4.51. The highest BCUT2D eigenvalue weighted by Gasteiger charge is 2.09. The van der Waals surface area contributed by atoms with Crippen molar-refractivity contribution >= 4 is 17.3 Å². The molecule has 108 valence electrons. The van der Waals surface area contributed by atoms with E-state index >= 15 is 0 Å². The fourth-order valence-electron chi connectivity index (χ4n) is 1.86. The maximum absolute atomic E-state index is 13.6. The number of nitrogens with one attached hydrogen (secondary N) is 2. The van der Waals surface area contributed by atoms with Gasteiger partial charge in [-0.1, -0.05) is 13.0 Å². The molecule has 0 unspecified atom stereocenters. The lowest BCUT2D eigenvalue weighted by molar-refractivity contribution is 0.624. The van der Waals surface area contributed by atoms with Gasteiger partial charge in [0, 0.05) is 12.6 Å². The van der Waals surface area contributed by atoms with Crippen LogP contribution in [0.25, 0.3) is 0 Å². The molecule has 2 rings (SSSR count). The van der Waals surface area contributed by atoms with Crippen molar-refractivity contribution in [1.29, 1.82) is 5.26 Å². The highest BCUT2D eigenvalue weighted by molar-refractivity contribution is 5.66. The third-order valence-electron chi connectivity index (χ3n) is 2.78. The molecule has 1 aromatic heterocycles. The van der Waals surface area contributed by atoms with Gasteiger partial charge in [-0.15, -0.1) is 0 Å². The predicted molar refractivity (Wildman–Crippen MR) is 79.9 cm³/mol. The van der Waals surface area contributed by atoms with Crippen LogP contribution in [0.5, 0.6) is 0 Å². The van der Waals surface area contributed by atoms with Crippen LogP contribution in [0.15, 0.2) is 24.3 Å². The number of nitrogens with zero attached hydrogens (tertiary/aromatic N) is 3. The van der Waals surface area contributed by atoms with Gasteiger partial charge in [-0.2, -0.15) is 5.26 Å². The smallest absolute Gasteiger partial charge is 0.143 e. The Morgan fingerprint density at radius 2 is 2.05 bits per heavy atom. The van der Waals surface area contributed by atoms with Gasteiger partial charge >= 0.3 is 0 Å². The van der Waals surface area contributed by atoms with E-state index in [2.05, 4.69) is 27.5 Å². The van der Waals surface area contributed by atoms with E-state index in [1.807, 2.05) is 6.07 Å². The number of aryl methyl sites for hydroxylation is 1. The first kappa shape index (κ1) is 14.7. The van der Waals surface area contributed by atoms with Gasteiger partial charge in [0.25, 0.3) is 0 Å². The van der Waals surface area contributed by atoms with Crippen LogP contribution in [0.4, 0.5) is 21.7 Å². The van der Waals surface area contributed by atoms with Crippen molar-refractivity contribution in [3.63, 3.8) is 0 Å². The average molecular weight is 285 g/mol. The molecule has 1 heterocycles. The molecule has 2 aromatic rings. The molecule has 0 saturated carbocycles. The molecule has 6 heteroatoms. The Bertz CT molecular complexity index is 678. The summed E-state index contributed by atoms with van der Waals surface area (Å²) in [4.78, 5) is 8.52. The zero-order valence-electron chi connectivity index (χ0n) is 11.9. The summed E-state index contributed by atoms with van der Waals surface area (Å²) in [5.41, 5.74) is 0.355. The molecule has 0 spiro atoms. The van der Waals surface area contributed by atoms with E-state index in [-0.39, 0.29) is 5.56 Å². The highest BCUT2D eigenvalue weighted by Crippen LogP contribution is 2.22. The van der Waals surface area contributed by atoms with E-state index in [1.165, 1.54) is 6.07 Å². The van der Waals surface area contributed by atoms with E-state index in [9.17, 15) is 4.39 Å². The number of benzene rings is 1. The van der Waals surface area contributed by atoms with Crippen LogP contribution < -0.4 is 10.6 Å². The van der Waals surface area contributed by atoms with E-state index in [0.717, 1.165) is 13.0 Å². The molecule has 0 radical (unpaired) electrons. The minimum Gasteiger partial charge on any atom is -0.370 e. The molecule has 0 saturated heterocycles. The average Bonchev–Trinajstić information content (AvgIpc) is 2.45. The molecule has 0 aliphatic carbocycles. The van der Waals surface area contributed by atoms with Crippen LogP contribution in [-0.4, -0.2) is 16.5 Å². The SMILES string of the molecule is CCCNc1cc(Nc2cccc(F)c2C#N)nc(C)n1. The fraction of sp³-hybridized carbons (Fsp3) is 0.267. The van der Waals surface area contributed by atoms with Crippen molar-refractivity contribution in [3.8, 4) is 6.07 Å². The van der Waals surface area contributed by atoms with Crippen LogP contribution in [0, 0.1) is 24.1 Å². The molecule has 1 aromatic carbocycles. The van der Waals surface area contributed by atoms with E-state index in [4.69, 9.17) is 5.26 Å². The van der Waals surface area contributed by atoms with Crippen molar-refractivity contribution < 1.29 is 4.39 Å². The molecule has 0 amide bonds. The lowest BCUT2D eigenvalue weighted by Gasteiger charge is -2.11. The molecule has 5 nitrogen and oxygen atoms in total. The molecule has 0 bridgehead atoms. The Hall–Kier alpha value is -2.68. The second kappa shape index (κ2) is 6.66. The number of aromatic nitrogens is 2. The van der Waals surface area contributed by atoms with Crippen LogP contribution >= 0.6 is 0 Å². The summed E-state index contributed by atoms with van der Waals surface area (Å²) in [7, 11) is 0. The summed E-state index contributed by atoms with van der Waals surface area (Å²) in [6, 6.07) is 8.02. The van der Waals surface area contributed by atoms with Gasteiger partial charge in [0.1, 0.15) is 34.9 Å². The summed E-state index contributed by atoms with van der Waals surface area (Å²) < 4.78 is 13.6. The van der Waals surface area contributed by atoms with Crippen molar-refractivity contribution in [3.05, 3.63) is 41.5 Å². The standard InChI is InChI=1S/C15H16FN5/c1-3-7-18-14-8-15(20-10(2)19-14)21-13-6-4-5-12(16)11(13)9-17/h4-6,8H,3,7H2,1-2H3,(H2,18,19,20,21). The third kappa shape index (κ3) is 3.66. The number of halogens is 1. The van der Waals surface area contributed by atoms with Crippen molar-refractivity contribution in [2.75, 3.05) is 17.2 Å². The van der Waals surface area contributed by atoms with Crippen LogP contribution in [-0.2, 0) is 0 Å². The first-order valence-electron chi connectivity index (χ1n) is 6.69. The van der Waals surface area contributed by atoms with E-state index in [1.54, 1.807) is 25.1 Å². The van der Waals surface area contributed by atoms with Crippen LogP contribution in [0.3, 0.4) is 0 Å². The Morgan fingerprint density at radius 1 is 1.29 bits per heavy atom. The number of hydrogen-bond donors (Lipinski definition) is 2. The van der Waals surface area contributed by atoms with Gasteiger partial charge in [0.05, 0.1) is 5.69 Å². The summed E-state index contributed by atoms with van der Waals surface area (Å²) >= 11 is 0. The predicted octanol–water partition coefficient (Wildman–Crippen LogP) is 3.36. The molecular weight excluding hydrogens is 269 g/mol. The number of anilines is 3. The van der Waals surface area contributed by atoms with E-state index in [0.29, 0.717) is 23.1 Å². The summed E-state index contributed by atoms with van der Waals surface area (Å²) in [6.45, 7) is 4.64.